The van der Waals surface area contributed by atoms with Gasteiger partial charge in [-0.1, -0.05) is 32.6 Å². The van der Waals surface area contributed by atoms with Gasteiger partial charge in [0.15, 0.2) is 23.6 Å². The van der Waals surface area contributed by atoms with Crippen LogP contribution in [0, 0.1) is 5.82 Å². The predicted octanol–water partition coefficient (Wildman–Crippen LogP) is 9.05. The highest BCUT2D eigenvalue weighted by Crippen LogP contribution is 2.39. The number of aryl methyl sites for hydroxylation is 1. The fourth-order valence-corrected chi connectivity index (χ4v) is 8.99. The van der Waals surface area contributed by atoms with Crippen molar-refractivity contribution in [1.29, 1.82) is 0 Å². The summed E-state index contributed by atoms with van der Waals surface area (Å²) >= 11 is 0. The summed E-state index contributed by atoms with van der Waals surface area (Å²) in [7, 11) is 0.149. The van der Waals surface area contributed by atoms with Crippen LogP contribution in [0.1, 0.15) is 83.0 Å². The van der Waals surface area contributed by atoms with E-state index in [4.69, 9.17) is 29.0 Å². The van der Waals surface area contributed by atoms with Gasteiger partial charge < -0.3 is 28.4 Å². The normalized spacial score (nSPS) is 19.5. The quantitative estimate of drug-likeness (QED) is 0.104. The summed E-state index contributed by atoms with van der Waals surface area (Å²) in [5, 5.41) is 6.26. The summed E-state index contributed by atoms with van der Waals surface area (Å²) in [6, 6.07) is 10.6. The second kappa shape index (κ2) is 16.6. The number of ether oxygens (including phenoxy) is 4. The molecule has 4 aromatic rings. The Labute approximate surface area is 332 Å². The van der Waals surface area contributed by atoms with Crippen LogP contribution < -0.4 is 4.74 Å². The third-order valence-electron chi connectivity index (χ3n) is 11.3. The first-order chi connectivity index (χ1) is 26.7. The van der Waals surface area contributed by atoms with Crippen LogP contribution in [0.4, 0.5) is 9.18 Å². The van der Waals surface area contributed by atoms with Crippen molar-refractivity contribution in [2.45, 2.75) is 129 Å². The van der Waals surface area contributed by atoms with Crippen molar-refractivity contribution in [3.05, 3.63) is 53.1 Å². The van der Waals surface area contributed by atoms with Gasteiger partial charge in [-0.05, 0) is 119 Å². The Hall–Kier alpha value is -3.78. The largest absolute Gasteiger partial charge is 0.494 e. The Morgan fingerprint density at radius 2 is 1.86 bits per heavy atom. The molecule has 2 aromatic heterocycles. The second-order valence-corrected chi connectivity index (χ2v) is 23.5. The Morgan fingerprint density at radius 1 is 1.07 bits per heavy atom. The van der Waals surface area contributed by atoms with Crippen molar-refractivity contribution in [1.82, 2.24) is 29.1 Å². The average molecular weight is 789 g/mol. The summed E-state index contributed by atoms with van der Waals surface area (Å²) in [5.74, 6) is 0.561. The number of benzene rings is 2. The maximum atomic E-state index is 15.2. The molecule has 56 heavy (non-hydrogen) atoms. The molecule has 0 radical (unpaired) electrons. The van der Waals surface area contributed by atoms with Gasteiger partial charge in [-0.3, -0.25) is 4.90 Å². The Balaban J connectivity index is 1.35. The molecule has 7 rings (SSSR count). The number of hydrogen-bond donors (Lipinski definition) is 0. The van der Waals surface area contributed by atoms with Gasteiger partial charge in [-0.2, -0.15) is 5.10 Å². The third-order valence-corrected chi connectivity index (χ3v) is 13.0. The van der Waals surface area contributed by atoms with Crippen LogP contribution in [0.15, 0.2) is 30.3 Å². The van der Waals surface area contributed by atoms with E-state index in [0.717, 1.165) is 96.0 Å². The standard InChI is InChI=1S/C43H61FN6O5Si/c1-9-29-23-38(52-5)34(44)25-33(29)30-15-16-32-36(22-30)50(39-14-10-13-19-54-39)46-40(32)41-45-35-24-31(26-47-17-11-12-18-47)48(42(51)55-43(2,3)4)27-37(35)49(41)28-53-20-21-56(6,7)8/h15-16,22-23,25,31,39H,9-14,17-21,24,26-28H2,1-8H3. The number of likely N-dealkylation sites (tertiary alicyclic amines) is 1. The minimum absolute atomic E-state index is 0.0791. The van der Waals surface area contributed by atoms with E-state index in [1.807, 2.05) is 36.4 Å². The van der Waals surface area contributed by atoms with E-state index in [0.29, 0.717) is 38.7 Å². The van der Waals surface area contributed by atoms with Gasteiger partial charge >= 0.3 is 6.09 Å². The first kappa shape index (κ1) is 40.4. The molecular weight excluding hydrogens is 728 g/mol. The molecule has 0 bridgehead atoms. The SMILES string of the molecule is CCc1cc(OC)c(F)cc1-c1ccc2c(-c3nc4c(n3COCC[Si](C)(C)C)CN(C(=O)OC(C)(C)C)C(CN3CCCC3)C4)nn(C3CCCCO3)c2c1. The highest BCUT2D eigenvalue weighted by atomic mass is 28.3. The molecule has 11 nitrogen and oxygen atoms in total. The number of fused-ring (bicyclic) bond motifs is 2. The summed E-state index contributed by atoms with van der Waals surface area (Å²) in [5.41, 5.74) is 5.65. The predicted molar refractivity (Wildman–Crippen MR) is 220 cm³/mol. The third kappa shape index (κ3) is 8.85. The van der Waals surface area contributed by atoms with Gasteiger partial charge in [0.1, 0.15) is 18.0 Å². The molecule has 3 aliphatic heterocycles. The zero-order valence-corrected chi connectivity index (χ0v) is 35.8. The molecule has 2 fully saturated rings. The van der Waals surface area contributed by atoms with E-state index < -0.39 is 19.5 Å². The molecule has 304 valence electrons. The molecule has 0 N–H and O–H groups in total. The van der Waals surface area contributed by atoms with E-state index in [2.05, 4.69) is 48.2 Å². The van der Waals surface area contributed by atoms with Crippen LogP contribution in [-0.2, 0) is 40.3 Å². The number of rotatable bonds is 12. The molecule has 1 amide bonds. The van der Waals surface area contributed by atoms with Crippen LogP contribution >= 0.6 is 0 Å². The van der Waals surface area contributed by atoms with Crippen LogP contribution in [0.5, 0.6) is 5.75 Å². The number of hydrogen-bond acceptors (Lipinski definition) is 8. The zero-order chi connectivity index (χ0) is 39.8. The lowest BCUT2D eigenvalue weighted by atomic mass is 9.96. The van der Waals surface area contributed by atoms with Crippen LogP contribution in [0.2, 0.25) is 25.7 Å². The molecule has 2 atom stereocenters. The van der Waals surface area contributed by atoms with E-state index in [1.165, 1.54) is 20.0 Å². The average Bonchev–Trinajstić information content (AvgIpc) is 3.89. The number of imidazole rings is 1. The molecule has 0 aliphatic carbocycles. The van der Waals surface area contributed by atoms with Gasteiger partial charge in [0.2, 0.25) is 0 Å². The zero-order valence-electron chi connectivity index (χ0n) is 34.8. The minimum atomic E-state index is -1.35. The number of carbonyl (C=O) groups is 1. The molecule has 13 heteroatoms. The maximum absolute atomic E-state index is 15.2. The van der Waals surface area contributed by atoms with Gasteiger partial charge in [-0.15, -0.1) is 0 Å². The van der Waals surface area contributed by atoms with E-state index >= 15 is 4.39 Å². The molecule has 2 saturated heterocycles. The lowest BCUT2D eigenvalue weighted by Crippen LogP contribution is -2.51. The molecule has 0 spiro atoms. The topological polar surface area (TPSA) is 96.1 Å². The second-order valence-electron chi connectivity index (χ2n) is 17.9. The molecule has 2 unspecified atom stereocenters. The van der Waals surface area contributed by atoms with Crippen LogP contribution in [0.25, 0.3) is 33.5 Å². The van der Waals surface area contributed by atoms with Crippen molar-refractivity contribution in [3.8, 4) is 28.4 Å². The van der Waals surface area contributed by atoms with Gasteiger partial charge in [0.05, 0.1) is 36.6 Å². The van der Waals surface area contributed by atoms with E-state index in [-0.39, 0.29) is 24.1 Å². The molecular formula is C43H61FN6O5Si. The van der Waals surface area contributed by atoms with Crippen molar-refractivity contribution < 1.29 is 28.1 Å². The first-order valence-electron chi connectivity index (χ1n) is 20.6. The number of carbonyl (C=O) groups excluding carboxylic acids is 1. The molecule has 5 heterocycles. The lowest BCUT2D eigenvalue weighted by Gasteiger charge is -2.38. The molecule has 2 aromatic carbocycles. The van der Waals surface area contributed by atoms with Crippen molar-refractivity contribution in [2.24, 2.45) is 0 Å². The maximum Gasteiger partial charge on any atom is 0.410 e. The number of halogens is 1. The first-order valence-corrected chi connectivity index (χ1v) is 24.3. The van der Waals surface area contributed by atoms with E-state index in [9.17, 15) is 4.79 Å². The van der Waals surface area contributed by atoms with Crippen molar-refractivity contribution in [2.75, 3.05) is 40.0 Å². The monoisotopic (exact) mass is 788 g/mol. The Kier molecular flexibility index (Phi) is 12.0. The fraction of sp³-hybridized carbons (Fsp3) is 0.605. The van der Waals surface area contributed by atoms with Crippen molar-refractivity contribution in [3.63, 3.8) is 0 Å². The summed E-state index contributed by atoms with van der Waals surface area (Å²) < 4.78 is 43.5. The van der Waals surface area contributed by atoms with Gasteiger partial charge in [0, 0.05) is 39.6 Å². The summed E-state index contributed by atoms with van der Waals surface area (Å²) in [4.78, 5) is 23.7. The fourth-order valence-electron chi connectivity index (χ4n) is 8.23. The van der Waals surface area contributed by atoms with Gasteiger partial charge in [0.25, 0.3) is 0 Å². The van der Waals surface area contributed by atoms with Crippen LogP contribution in [-0.4, -0.2) is 94.9 Å². The number of nitrogens with zero attached hydrogens (tertiary/aromatic N) is 6. The van der Waals surface area contributed by atoms with E-state index in [1.54, 1.807) is 12.1 Å². The van der Waals surface area contributed by atoms with Crippen molar-refractivity contribution >= 4 is 25.1 Å². The molecule has 0 saturated carbocycles. The number of methoxy groups -OCH3 is 1. The summed E-state index contributed by atoms with van der Waals surface area (Å²) in [6.45, 7) is 19.7. The highest BCUT2D eigenvalue weighted by Gasteiger charge is 2.38. The highest BCUT2D eigenvalue weighted by molar-refractivity contribution is 6.76. The summed E-state index contributed by atoms with van der Waals surface area (Å²) in [6.07, 6.45) is 6.02. The Morgan fingerprint density at radius 3 is 2.54 bits per heavy atom. The number of aromatic nitrogens is 4. The lowest BCUT2D eigenvalue weighted by molar-refractivity contribution is -0.0365. The number of amides is 1. The minimum Gasteiger partial charge on any atom is -0.494 e. The van der Waals surface area contributed by atoms with Gasteiger partial charge in [-0.25, -0.2) is 18.9 Å². The smallest absolute Gasteiger partial charge is 0.410 e. The van der Waals surface area contributed by atoms with Crippen LogP contribution in [0.3, 0.4) is 0 Å². The Bertz CT molecular complexity index is 2020. The molecule has 3 aliphatic rings.